The summed E-state index contributed by atoms with van der Waals surface area (Å²) in [5, 5.41) is 0. The molecule has 0 bridgehead atoms. The molecule has 0 spiro atoms. The van der Waals surface area contributed by atoms with Gasteiger partial charge < -0.3 is 18.9 Å². The summed E-state index contributed by atoms with van der Waals surface area (Å²) in [5.74, 6) is 2.92. The van der Waals surface area contributed by atoms with Gasteiger partial charge >= 0.3 is 0 Å². The van der Waals surface area contributed by atoms with Gasteiger partial charge in [-0.15, -0.1) is 0 Å². The lowest BCUT2D eigenvalue weighted by Gasteiger charge is -2.05. The predicted molar refractivity (Wildman–Crippen MR) is 122 cm³/mol. The van der Waals surface area contributed by atoms with E-state index in [-0.39, 0.29) is 0 Å². The van der Waals surface area contributed by atoms with E-state index in [0.717, 1.165) is 72.0 Å². The second-order valence-electron chi connectivity index (χ2n) is 7.30. The van der Waals surface area contributed by atoms with Gasteiger partial charge in [0.1, 0.15) is 26.4 Å². The summed E-state index contributed by atoms with van der Waals surface area (Å²) in [5.41, 5.74) is 4.01. The molecule has 4 aliphatic heterocycles. The van der Waals surface area contributed by atoms with Crippen LogP contribution < -0.4 is 0 Å². The Labute approximate surface area is 186 Å². The zero-order valence-corrected chi connectivity index (χ0v) is 17.7. The van der Waals surface area contributed by atoms with Gasteiger partial charge in [0, 0.05) is 22.3 Å². The largest absolute Gasteiger partial charge is 0.476 e. The molecule has 164 valence electrons. The number of benzene rings is 2. The molecule has 0 fully saturated rings. The van der Waals surface area contributed by atoms with Crippen LogP contribution in [0.1, 0.15) is 22.3 Å². The van der Waals surface area contributed by atoms with Crippen LogP contribution in [-0.4, -0.2) is 76.2 Å². The molecule has 0 radical (unpaired) electrons. The molecular formula is C24H24N4O4. The van der Waals surface area contributed by atoms with Gasteiger partial charge in [-0.05, 0) is 42.5 Å². The van der Waals surface area contributed by atoms with E-state index in [1.165, 1.54) is 0 Å². The zero-order valence-electron chi connectivity index (χ0n) is 17.7. The van der Waals surface area contributed by atoms with Crippen molar-refractivity contribution in [3.8, 4) is 0 Å². The van der Waals surface area contributed by atoms with Crippen molar-refractivity contribution in [1.29, 1.82) is 0 Å². The molecule has 0 atom stereocenters. The number of ether oxygens (including phenoxy) is 4. The molecule has 6 rings (SSSR count). The molecule has 0 aromatic heterocycles. The first-order valence-electron chi connectivity index (χ1n) is 10.8. The summed E-state index contributed by atoms with van der Waals surface area (Å²) < 4.78 is 21.6. The van der Waals surface area contributed by atoms with Gasteiger partial charge in [-0.1, -0.05) is 6.07 Å². The molecule has 4 heterocycles. The highest BCUT2D eigenvalue weighted by atomic mass is 16.5. The predicted octanol–water partition coefficient (Wildman–Crippen LogP) is 2.48. The van der Waals surface area contributed by atoms with Gasteiger partial charge in [0.25, 0.3) is 0 Å². The van der Waals surface area contributed by atoms with E-state index in [2.05, 4.69) is 20.0 Å². The number of hydrogen-bond acceptors (Lipinski definition) is 8. The molecular weight excluding hydrogens is 408 g/mol. The van der Waals surface area contributed by atoms with Crippen LogP contribution in [0.2, 0.25) is 0 Å². The van der Waals surface area contributed by atoms with Crippen LogP contribution in [0.5, 0.6) is 0 Å². The molecule has 4 aliphatic rings. The SMILES string of the molecule is c1cc(C2=NCCO2)cc(C2=NCCO2)c1.c1cc(C2=NCCO2)ccc1C1=NCCO1. The molecule has 0 saturated heterocycles. The highest BCUT2D eigenvalue weighted by molar-refractivity contribution is 6.00. The van der Waals surface area contributed by atoms with E-state index in [4.69, 9.17) is 18.9 Å². The maximum Gasteiger partial charge on any atom is 0.216 e. The Morgan fingerprint density at radius 2 is 0.781 bits per heavy atom. The van der Waals surface area contributed by atoms with E-state index >= 15 is 0 Å². The smallest absolute Gasteiger partial charge is 0.216 e. The van der Waals surface area contributed by atoms with E-state index < -0.39 is 0 Å². The van der Waals surface area contributed by atoms with E-state index in [9.17, 15) is 0 Å². The lowest BCUT2D eigenvalue weighted by molar-refractivity contribution is 0.347. The van der Waals surface area contributed by atoms with Crippen LogP contribution in [0.15, 0.2) is 68.5 Å². The molecule has 2 aromatic carbocycles. The third kappa shape index (κ3) is 4.64. The molecule has 8 nitrogen and oxygen atoms in total. The number of rotatable bonds is 4. The molecule has 0 aliphatic carbocycles. The Morgan fingerprint density at radius 3 is 1.09 bits per heavy atom. The normalized spacial score (nSPS) is 18.8. The number of nitrogens with zero attached hydrogens (tertiary/aromatic N) is 4. The van der Waals surface area contributed by atoms with Gasteiger partial charge in [-0.25, -0.2) is 20.0 Å². The summed E-state index contributed by atoms with van der Waals surface area (Å²) in [6, 6.07) is 15.9. The van der Waals surface area contributed by atoms with Crippen molar-refractivity contribution in [2.45, 2.75) is 0 Å². The highest BCUT2D eigenvalue weighted by Gasteiger charge is 2.15. The Kier molecular flexibility index (Phi) is 6.09. The van der Waals surface area contributed by atoms with Crippen molar-refractivity contribution in [3.05, 3.63) is 70.8 Å². The van der Waals surface area contributed by atoms with Crippen LogP contribution in [0.25, 0.3) is 0 Å². The van der Waals surface area contributed by atoms with E-state index in [1.54, 1.807) is 0 Å². The van der Waals surface area contributed by atoms with Gasteiger partial charge in [-0.2, -0.15) is 0 Å². The summed E-state index contributed by atoms with van der Waals surface area (Å²) in [7, 11) is 0. The molecule has 0 unspecified atom stereocenters. The molecule has 0 saturated carbocycles. The van der Waals surface area contributed by atoms with Crippen LogP contribution in [0.4, 0.5) is 0 Å². The molecule has 0 N–H and O–H groups in total. The first-order valence-corrected chi connectivity index (χ1v) is 10.8. The quantitative estimate of drug-likeness (QED) is 0.743. The summed E-state index contributed by atoms with van der Waals surface area (Å²) in [6.45, 7) is 5.74. The van der Waals surface area contributed by atoms with Crippen molar-refractivity contribution >= 4 is 23.6 Å². The maximum atomic E-state index is 5.43. The number of hydrogen-bond donors (Lipinski definition) is 0. The first-order chi connectivity index (χ1) is 15.9. The van der Waals surface area contributed by atoms with Crippen molar-refractivity contribution < 1.29 is 18.9 Å². The van der Waals surface area contributed by atoms with Gasteiger partial charge in [0.15, 0.2) is 0 Å². The zero-order chi connectivity index (χ0) is 21.6. The average molecular weight is 432 g/mol. The van der Waals surface area contributed by atoms with Crippen molar-refractivity contribution in [2.24, 2.45) is 20.0 Å². The Balaban J connectivity index is 0.000000135. The minimum Gasteiger partial charge on any atom is -0.476 e. The van der Waals surface area contributed by atoms with Crippen LogP contribution in [-0.2, 0) is 18.9 Å². The fraction of sp³-hybridized carbons (Fsp3) is 0.333. The van der Waals surface area contributed by atoms with E-state index in [0.29, 0.717) is 26.4 Å². The van der Waals surface area contributed by atoms with E-state index in [1.807, 2.05) is 48.5 Å². The Hall–Kier alpha value is -3.68. The van der Waals surface area contributed by atoms with Gasteiger partial charge in [0.05, 0.1) is 26.2 Å². The topological polar surface area (TPSA) is 86.4 Å². The molecule has 32 heavy (non-hydrogen) atoms. The minimum absolute atomic E-state index is 0.678. The van der Waals surface area contributed by atoms with Gasteiger partial charge in [-0.3, -0.25) is 0 Å². The summed E-state index contributed by atoms with van der Waals surface area (Å²) in [4.78, 5) is 17.1. The third-order valence-corrected chi connectivity index (χ3v) is 5.08. The minimum atomic E-state index is 0.678. The molecule has 0 amide bonds. The summed E-state index contributed by atoms with van der Waals surface area (Å²) in [6.07, 6.45) is 0. The maximum absolute atomic E-state index is 5.43. The van der Waals surface area contributed by atoms with Crippen molar-refractivity contribution in [3.63, 3.8) is 0 Å². The van der Waals surface area contributed by atoms with Crippen LogP contribution >= 0.6 is 0 Å². The summed E-state index contributed by atoms with van der Waals surface area (Å²) >= 11 is 0. The first kappa shape index (κ1) is 20.2. The fourth-order valence-corrected chi connectivity index (χ4v) is 3.58. The molecule has 2 aromatic rings. The molecule has 8 heteroatoms. The lowest BCUT2D eigenvalue weighted by atomic mass is 10.1. The fourth-order valence-electron chi connectivity index (χ4n) is 3.58. The average Bonchev–Trinajstić information content (AvgIpc) is 3.69. The Morgan fingerprint density at radius 1 is 0.438 bits per heavy atom. The highest BCUT2D eigenvalue weighted by Crippen LogP contribution is 2.14. The monoisotopic (exact) mass is 432 g/mol. The van der Waals surface area contributed by atoms with Gasteiger partial charge in [0.2, 0.25) is 23.6 Å². The van der Waals surface area contributed by atoms with Crippen LogP contribution in [0, 0.1) is 0 Å². The number of aliphatic imine (C=N–C) groups is 4. The third-order valence-electron chi connectivity index (χ3n) is 5.08. The standard InChI is InChI=1S/2C12H12N2O2/c1-2-10(12-14-6-8-16-12)4-3-9(1)11-13-5-7-15-11;1-2-9(11-13-4-6-15-11)8-10(3-1)12-14-5-7-16-12/h1-4H,5-8H2;1-3,8H,4-7H2. The van der Waals surface area contributed by atoms with Crippen molar-refractivity contribution in [1.82, 2.24) is 0 Å². The second kappa shape index (κ2) is 9.64. The Bertz CT molecular complexity index is 1010. The second-order valence-corrected chi connectivity index (χ2v) is 7.30. The lowest BCUT2D eigenvalue weighted by Crippen LogP contribution is -2.05. The van der Waals surface area contributed by atoms with Crippen molar-refractivity contribution in [2.75, 3.05) is 52.6 Å². The van der Waals surface area contributed by atoms with Crippen LogP contribution in [0.3, 0.4) is 0 Å².